The molecule has 4 aliphatic carbocycles. The van der Waals surface area contributed by atoms with E-state index in [0.717, 1.165) is 56.9 Å². The van der Waals surface area contributed by atoms with Crippen molar-refractivity contribution in [2.24, 2.45) is 23.2 Å². The standard InChI is InChI=1S/C40H38N6O4S/c1-23-31(16-28(20-41)46(23)22-40-17-24-13-25(18-40)15-26(14-24)19-40)30-9-10-35(43-37(30)50-39(48)49)45-12-11-27-5-4-6-29(32(27)21-45)36(47)44-38-42-33-7-2-3-8-34(33)51-38/h2-10,16,24-26H,11-15,17-19,21-22H2,1H3,(H,48,49)(H,42,44,47). The lowest BCUT2D eigenvalue weighted by molar-refractivity contribution is -0.0621. The van der Waals surface area contributed by atoms with Gasteiger partial charge in [-0.15, -0.1) is 0 Å². The minimum Gasteiger partial charge on any atom is -0.449 e. The molecule has 5 aromatic rings. The lowest BCUT2D eigenvalue weighted by Gasteiger charge is -2.57. The molecule has 4 fully saturated rings. The number of hydrogen-bond donors (Lipinski definition) is 2. The summed E-state index contributed by atoms with van der Waals surface area (Å²) in [5, 5.41) is 23.6. The molecule has 258 valence electrons. The fraction of sp³-hybridized carbons (Fsp3) is 0.375. The maximum Gasteiger partial charge on any atom is 0.512 e. The molecule has 0 radical (unpaired) electrons. The van der Waals surface area contributed by atoms with Crippen LogP contribution in [0.4, 0.5) is 15.7 Å². The van der Waals surface area contributed by atoms with Gasteiger partial charge >= 0.3 is 6.16 Å². The zero-order valence-electron chi connectivity index (χ0n) is 28.4. The van der Waals surface area contributed by atoms with Crippen LogP contribution in [0.2, 0.25) is 0 Å². The van der Waals surface area contributed by atoms with E-state index in [0.29, 0.717) is 47.3 Å². The summed E-state index contributed by atoms with van der Waals surface area (Å²) < 4.78 is 8.50. The molecule has 2 aromatic carbocycles. The van der Waals surface area contributed by atoms with Crippen molar-refractivity contribution < 1.29 is 19.4 Å². The molecule has 0 spiro atoms. The Hall–Kier alpha value is -5.21. The number of nitrogens with zero attached hydrogens (tertiary/aromatic N) is 5. The van der Waals surface area contributed by atoms with Crippen LogP contribution in [-0.2, 0) is 19.5 Å². The highest BCUT2D eigenvalue weighted by Crippen LogP contribution is 2.61. The summed E-state index contributed by atoms with van der Waals surface area (Å²) in [6.45, 7) is 3.87. The molecular formula is C40H38N6O4S. The second-order valence-corrected chi connectivity index (χ2v) is 16.1. The van der Waals surface area contributed by atoms with E-state index in [1.165, 1.54) is 49.9 Å². The van der Waals surface area contributed by atoms with Crippen molar-refractivity contribution in [2.45, 2.75) is 65.0 Å². The van der Waals surface area contributed by atoms with Crippen LogP contribution in [0.3, 0.4) is 0 Å². The molecule has 1 amide bonds. The summed E-state index contributed by atoms with van der Waals surface area (Å²) in [6.07, 6.45) is 6.99. The fourth-order valence-electron chi connectivity index (χ4n) is 10.1. The van der Waals surface area contributed by atoms with Crippen LogP contribution in [0.5, 0.6) is 5.88 Å². The van der Waals surface area contributed by atoms with Gasteiger partial charge in [0.1, 0.15) is 17.6 Å². The van der Waals surface area contributed by atoms with Gasteiger partial charge in [-0.25, -0.2) is 9.78 Å². The summed E-state index contributed by atoms with van der Waals surface area (Å²) >= 11 is 1.43. The number of aromatic nitrogens is 3. The number of para-hydroxylation sites is 1. The number of anilines is 2. The third kappa shape index (κ3) is 5.72. The number of benzene rings is 2. The molecule has 2 N–H and O–H groups in total. The highest BCUT2D eigenvalue weighted by Gasteiger charge is 2.51. The highest BCUT2D eigenvalue weighted by molar-refractivity contribution is 7.22. The summed E-state index contributed by atoms with van der Waals surface area (Å²) in [4.78, 5) is 36.9. The van der Waals surface area contributed by atoms with Gasteiger partial charge in [-0.05, 0) is 123 Å². The maximum absolute atomic E-state index is 13.6. The Morgan fingerprint density at radius 1 is 1.02 bits per heavy atom. The first-order valence-electron chi connectivity index (χ1n) is 17.8. The van der Waals surface area contributed by atoms with Gasteiger partial charge < -0.3 is 19.3 Å². The van der Waals surface area contributed by atoms with Crippen LogP contribution in [0, 0.1) is 41.4 Å². The predicted molar refractivity (Wildman–Crippen MR) is 195 cm³/mol. The first kappa shape index (κ1) is 31.7. The zero-order chi connectivity index (χ0) is 34.9. The van der Waals surface area contributed by atoms with E-state index >= 15 is 0 Å². The molecule has 0 atom stereocenters. The van der Waals surface area contributed by atoms with Crippen molar-refractivity contribution >= 4 is 44.6 Å². The molecule has 10 rings (SSSR count). The first-order chi connectivity index (χ1) is 24.7. The van der Waals surface area contributed by atoms with E-state index in [9.17, 15) is 20.0 Å². The zero-order valence-corrected chi connectivity index (χ0v) is 29.2. The smallest absolute Gasteiger partial charge is 0.449 e. The van der Waals surface area contributed by atoms with Gasteiger partial charge in [0.2, 0.25) is 5.88 Å². The Balaban J connectivity index is 1.00. The summed E-state index contributed by atoms with van der Waals surface area (Å²) in [5.41, 5.74) is 6.39. The van der Waals surface area contributed by atoms with Crippen LogP contribution in [0.1, 0.15) is 71.4 Å². The minimum absolute atomic E-state index is 0.0211. The van der Waals surface area contributed by atoms with Gasteiger partial charge in [-0.1, -0.05) is 35.6 Å². The fourth-order valence-corrected chi connectivity index (χ4v) is 10.9. The Labute approximate surface area is 299 Å². The summed E-state index contributed by atoms with van der Waals surface area (Å²) in [7, 11) is 0. The Kier molecular flexibility index (Phi) is 7.62. The number of fused-ring (bicyclic) bond motifs is 2. The van der Waals surface area contributed by atoms with Crippen molar-refractivity contribution in [2.75, 3.05) is 16.8 Å². The molecule has 4 bridgehead atoms. The Morgan fingerprint density at radius 2 is 1.78 bits per heavy atom. The van der Waals surface area contributed by atoms with Gasteiger partial charge in [-0.3, -0.25) is 10.1 Å². The largest absolute Gasteiger partial charge is 0.512 e. The quantitative estimate of drug-likeness (QED) is 0.162. The average molecular weight is 699 g/mol. The lowest BCUT2D eigenvalue weighted by Crippen LogP contribution is -2.48. The monoisotopic (exact) mass is 698 g/mol. The SMILES string of the molecule is Cc1c(-c2ccc(N3CCc4cccc(C(=O)Nc5nc6ccccc6s5)c4C3)nc2OC(=O)O)cc(C#N)n1CC12CC3CC(CC(C3)C1)C2. The maximum atomic E-state index is 13.6. The Bertz CT molecular complexity index is 2200. The third-order valence-electron chi connectivity index (χ3n) is 11.8. The number of nitrogens with one attached hydrogen (secondary N) is 1. The third-order valence-corrected chi connectivity index (χ3v) is 12.8. The van der Waals surface area contributed by atoms with Crippen molar-refractivity contribution in [1.82, 2.24) is 14.5 Å². The van der Waals surface area contributed by atoms with Crippen molar-refractivity contribution in [3.05, 3.63) is 88.7 Å². The van der Waals surface area contributed by atoms with E-state index in [1.54, 1.807) is 0 Å². The van der Waals surface area contributed by atoms with Gasteiger partial charge in [0.15, 0.2) is 5.13 Å². The van der Waals surface area contributed by atoms with Crippen LogP contribution in [0.25, 0.3) is 21.3 Å². The molecule has 0 unspecified atom stereocenters. The number of thiazole rings is 1. The van der Waals surface area contributed by atoms with E-state index in [2.05, 4.69) is 20.9 Å². The molecule has 10 nitrogen and oxygen atoms in total. The van der Waals surface area contributed by atoms with Crippen LogP contribution in [0.15, 0.2) is 60.7 Å². The molecule has 5 aliphatic rings. The molecule has 1 aliphatic heterocycles. The number of carbonyl (C=O) groups is 2. The normalized spacial score (nSPS) is 23.2. The minimum atomic E-state index is -1.45. The summed E-state index contributed by atoms with van der Waals surface area (Å²) in [6, 6.07) is 21.5. The molecule has 4 heterocycles. The molecule has 51 heavy (non-hydrogen) atoms. The van der Waals surface area contributed by atoms with E-state index in [4.69, 9.17) is 9.72 Å². The number of carbonyl (C=O) groups excluding carboxylic acids is 1. The van der Waals surface area contributed by atoms with Crippen molar-refractivity contribution in [3.63, 3.8) is 0 Å². The Morgan fingerprint density at radius 3 is 2.51 bits per heavy atom. The number of hydrogen-bond acceptors (Lipinski definition) is 8. The first-order valence-corrected chi connectivity index (χ1v) is 18.6. The number of nitriles is 1. The summed E-state index contributed by atoms with van der Waals surface area (Å²) in [5.74, 6) is 2.70. The molecule has 3 aromatic heterocycles. The highest BCUT2D eigenvalue weighted by atomic mass is 32.1. The van der Waals surface area contributed by atoms with E-state index < -0.39 is 6.16 Å². The predicted octanol–water partition coefficient (Wildman–Crippen LogP) is 8.43. The second kappa shape index (κ2) is 12.2. The number of carboxylic acid groups (broad SMARTS) is 1. The molecule has 4 saturated carbocycles. The van der Waals surface area contributed by atoms with E-state index in [-0.39, 0.29) is 17.2 Å². The van der Waals surface area contributed by atoms with E-state index in [1.807, 2.05) is 72.5 Å². The van der Waals surface area contributed by atoms with Crippen molar-refractivity contribution in [1.29, 1.82) is 5.26 Å². The second-order valence-electron chi connectivity index (χ2n) is 15.1. The number of ether oxygens (including phenoxy) is 1. The van der Waals surface area contributed by atoms with Crippen molar-refractivity contribution in [3.8, 4) is 23.1 Å². The number of amides is 1. The van der Waals surface area contributed by atoms with Crippen LogP contribution in [-0.4, -0.2) is 38.2 Å². The van der Waals surface area contributed by atoms with Crippen LogP contribution >= 0.6 is 11.3 Å². The topological polar surface area (TPSA) is 133 Å². The number of rotatable bonds is 7. The molecular weight excluding hydrogens is 661 g/mol. The van der Waals surface area contributed by atoms with Gasteiger partial charge in [0.05, 0.1) is 10.2 Å². The van der Waals surface area contributed by atoms with Gasteiger partial charge in [0, 0.05) is 42.0 Å². The lowest BCUT2D eigenvalue weighted by atomic mass is 9.49. The average Bonchev–Trinajstić information content (AvgIpc) is 3.66. The molecule has 0 saturated heterocycles. The molecule has 11 heteroatoms. The number of pyridine rings is 1. The van der Waals surface area contributed by atoms with Gasteiger partial charge in [-0.2, -0.15) is 10.2 Å². The van der Waals surface area contributed by atoms with Crippen LogP contribution < -0.4 is 15.0 Å². The van der Waals surface area contributed by atoms with Gasteiger partial charge in [0.25, 0.3) is 5.91 Å².